The van der Waals surface area contributed by atoms with Crippen LogP contribution in [-0.2, 0) is 26.7 Å². The van der Waals surface area contributed by atoms with Crippen LogP contribution in [0.4, 0.5) is 0 Å². The maximum atomic E-state index is 12.5. The predicted octanol–water partition coefficient (Wildman–Crippen LogP) is 2.30. The van der Waals surface area contributed by atoms with Crippen molar-refractivity contribution < 1.29 is 13.6 Å². The van der Waals surface area contributed by atoms with Gasteiger partial charge in [0.15, 0.2) is 0 Å². The van der Waals surface area contributed by atoms with E-state index in [1.165, 1.54) is 10.9 Å². The molecule has 1 aromatic carbocycles. The van der Waals surface area contributed by atoms with E-state index in [9.17, 15) is 9.36 Å². The van der Waals surface area contributed by atoms with Crippen molar-refractivity contribution in [2.75, 3.05) is 19.4 Å². The van der Waals surface area contributed by atoms with Gasteiger partial charge in [-0.1, -0.05) is 17.3 Å². The Bertz CT molecular complexity index is 1010. The second-order valence-corrected chi connectivity index (χ2v) is 8.02. The zero-order valence-electron chi connectivity index (χ0n) is 15.3. The van der Waals surface area contributed by atoms with Crippen molar-refractivity contribution in [2.45, 2.75) is 26.9 Å². The number of hydrogen-bond donors (Lipinski definition) is 0. The van der Waals surface area contributed by atoms with Crippen LogP contribution < -0.4 is 5.56 Å². The van der Waals surface area contributed by atoms with E-state index in [4.69, 9.17) is 9.05 Å². The minimum atomic E-state index is -3.13. The number of nitrogens with zero attached hydrogens (tertiary/aromatic N) is 5. The van der Waals surface area contributed by atoms with E-state index < -0.39 is 7.60 Å². The van der Waals surface area contributed by atoms with E-state index >= 15 is 0 Å². The Morgan fingerprint density at radius 3 is 2.63 bits per heavy atom. The number of benzene rings is 1. The molecule has 27 heavy (non-hydrogen) atoms. The Balaban J connectivity index is 1.70. The molecule has 0 unspecified atom stereocenters. The summed E-state index contributed by atoms with van der Waals surface area (Å²) >= 11 is 0. The minimum Gasteiger partial charge on any atom is -0.309 e. The van der Waals surface area contributed by atoms with Crippen LogP contribution in [0.25, 0.3) is 10.9 Å². The lowest BCUT2D eigenvalue weighted by molar-refractivity contribution is 0.218. The fourth-order valence-electron chi connectivity index (χ4n) is 2.70. The smallest absolute Gasteiger partial charge is 0.309 e. The first-order chi connectivity index (χ1) is 13.0. The van der Waals surface area contributed by atoms with E-state index in [-0.39, 0.29) is 18.3 Å². The van der Waals surface area contributed by atoms with E-state index in [1.807, 2.05) is 6.07 Å². The lowest BCUT2D eigenvalue weighted by atomic mass is 10.2. The van der Waals surface area contributed by atoms with Gasteiger partial charge in [-0.05, 0) is 26.0 Å². The molecule has 0 fully saturated rings. The van der Waals surface area contributed by atoms with Gasteiger partial charge in [0.1, 0.15) is 5.69 Å². The van der Waals surface area contributed by atoms with Gasteiger partial charge in [-0.3, -0.25) is 18.6 Å². The predicted molar refractivity (Wildman–Crippen MR) is 101 cm³/mol. The van der Waals surface area contributed by atoms with Crippen LogP contribution in [0.2, 0.25) is 0 Å². The molecule has 0 aliphatic rings. The van der Waals surface area contributed by atoms with Crippen LogP contribution in [0.3, 0.4) is 0 Å². The highest BCUT2D eigenvalue weighted by atomic mass is 31.2. The standard InChI is InChI=1S/C17H22N5O4P/c1-3-25-27(24,26-4-2)10-9-22-12-14(19-20-22)11-21-13-18-16-8-6-5-7-15(16)17(21)23/h5-8,12-13H,3-4,9-11H2,1-2H3. The molecule has 9 nitrogen and oxygen atoms in total. The van der Waals surface area contributed by atoms with Crippen molar-refractivity contribution in [3.8, 4) is 0 Å². The van der Waals surface area contributed by atoms with Crippen LogP contribution in [-0.4, -0.2) is 43.9 Å². The first-order valence-electron chi connectivity index (χ1n) is 8.76. The van der Waals surface area contributed by atoms with Gasteiger partial charge >= 0.3 is 7.60 Å². The third-order valence-corrected chi connectivity index (χ3v) is 5.96. The maximum absolute atomic E-state index is 12.5. The molecule has 0 N–H and O–H groups in total. The van der Waals surface area contributed by atoms with E-state index in [0.29, 0.717) is 36.4 Å². The van der Waals surface area contributed by atoms with Crippen LogP contribution in [0.15, 0.2) is 41.6 Å². The molecule has 3 rings (SSSR count). The first-order valence-corrected chi connectivity index (χ1v) is 10.5. The molecule has 0 atom stereocenters. The summed E-state index contributed by atoms with van der Waals surface area (Å²) in [5, 5.41) is 8.66. The van der Waals surface area contributed by atoms with E-state index in [1.54, 1.807) is 42.9 Å². The summed E-state index contributed by atoms with van der Waals surface area (Å²) in [4.78, 5) is 16.8. The molecule has 10 heteroatoms. The molecular weight excluding hydrogens is 369 g/mol. The molecular formula is C17H22N5O4P. The van der Waals surface area contributed by atoms with E-state index in [2.05, 4.69) is 15.3 Å². The molecule has 0 bridgehead atoms. The number of aromatic nitrogens is 5. The third-order valence-electron chi connectivity index (χ3n) is 3.90. The Morgan fingerprint density at radius 2 is 1.89 bits per heavy atom. The molecule has 0 radical (unpaired) electrons. The minimum absolute atomic E-state index is 0.132. The van der Waals surface area contributed by atoms with Crippen molar-refractivity contribution in [3.63, 3.8) is 0 Å². The number of para-hydroxylation sites is 1. The second kappa shape index (κ2) is 8.56. The molecule has 2 aromatic heterocycles. The molecule has 0 saturated heterocycles. The van der Waals surface area contributed by atoms with Crippen molar-refractivity contribution in [1.29, 1.82) is 0 Å². The van der Waals surface area contributed by atoms with Gasteiger partial charge in [0.2, 0.25) is 0 Å². The van der Waals surface area contributed by atoms with Gasteiger partial charge in [0.25, 0.3) is 5.56 Å². The first kappa shape index (κ1) is 19.4. The van der Waals surface area contributed by atoms with Crippen molar-refractivity contribution in [1.82, 2.24) is 24.5 Å². The number of hydrogen-bond acceptors (Lipinski definition) is 7. The normalized spacial score (nSPS) is 11.9. The zero-order chi connectivity index (χ0) is 19.3. The van der Waals surface area contributed by atoms with Crippen LogP contribution in [0, 0.1) is 0 Å². The summed E-state index contributed by atoms with van der Waals surface area (Å²) in [6.45, 7) is 4.78. The maximum Gasteiger partial charge on any atom is 0.332 e. The quantitative estimate of drug-likeness (QED) is 0.516. The molecule has 0 aliphatic heterocycles. The fourth-order valence-corrected chi connectivity index (χ4v) is 4.27. The highest BCUT2D eigenvalue weighted by Gasteiger charge is 2.23. The third kappa shape index (κ3) is 4.68. The SMILES string of the molecule is CCOP(=O)(CCn1cc(Cn2cnc3ccccc3c2=O)nn1)OCC. The van der Waals surface area contributed by atoms with Crippen molar-refractivity contribution in [2.24, 2.45) is 0 Å². The van der Waals surface area contributed by atoms with Gasteiger partial charge in [0, 0.05) is 0 Å². The topological polar surface area (TPSA) is 101 Å². The van der Waals surface area contributed by atoms with Crippen molar-refractivity contribution >= 4 is 18.5 Å². The van der Waals surface area contributed by atoms with Crippen LogP contribution >= 0.6 is 7.60 Å². The zero-order valence-corrected chi connectivity index (χ0v) is 16.2. The van der Waals surface area contributed by atoms with Gasteiger partial charge in [0.05, 0.1) is 55.9 Å². The number of aryl methyl sites for hydroxylation is 1. The molecule has 0 saturated carbocycles. The largest absolute Gasteiger partial charge is 0.332 e. The molecule has 0 spiro atoms. The Morgan fingerprint density at radius 1 is 1.15 bits per heavy atom. The number of rotatable bonds is 9. The average molecular weight is 391 g/mol. The van der Waals surface area contributed by atoms with Gasteiger partial charge in [-0.2, -0.15) is 0 Å². The highest BCUT2D eigenvalue weighted by Crippen LogP contribution is 2.47. The average Bonchev–Trinajstić information content (AvgIpc) is 3.11. The molecule has 144 valence electrons. The summed E-state index contributed by atoms with van der Waals surface area (Å²) in [6.07, 6.45) is 3.42. The Kier molecular flexibility index (Phi) is 6.15. The van der Waals surface area contributed by atoms with Crippen LogP contribution in [0.1, 0.15) is 19.5 Å². The number of fused-ring (bicyclic) bond motifs is 1. The summed E-state index contributed by atoms with van der Waals surface area (Å²) in [7, 11) is -3.13. The summed E-state index contributed by atoms with van der Waals surface area (Å²) in [5.41, 5.74) is 1.13. The summed E-state index contributed by atoms with van der Waals surface area (Å²) in [5.74, 6) is 0. The van der Waals surface area contributed by atoms with Crippen molar-refractivity contribution in [3.05, 3.63) is 52.8 Å². The monoisotopic (exact) mass is 391 g/mol. The Hall–Kier alpha value is -2.35. The van der Waals surface area contributed by atoms with Crippen LogP contribution in [0.5, 0.6) is 0 Å². The molecule has 0 amide bonds. The lowest BCUT2D eigenvalue weighted by Gasteiger charge is -2.16. The molecule has 0 aliphatic carbocycles. The summed E-state index contributed by atoms with van der Waals surface area (Å²) < 4.78 is 26.1. The Labute approximate surface area is 156 Å². The van der Waals surface area contributed by atoms with E-state index in [0.717, 1.165) is 0 Å². The van der Waals surface area contributed by atoms with Gasteiger partial charge < -0.3 is 9.05 Å². The molecule has 2 heterocycles. The lowest BCUT2D eigenvalue weighted by Crippen LogP contribution is -2.21. The summed E-state index contributed by atoms with van der Waals surface area (Å²) in [6, 6.07) is 7.19. The van der Waals surface area contributed by atoms with Gasteiger partial charge in [-0.15, -0.1) is 5.10 Å². The fraction of sp³-hybridized carbons (Fsp3) is 0.412. The van der Waals surface area contributed by atoms with Gasteiger partial charge in [-0.25, -0.2) is 4.98 Å². The molecule has 3 aromatic rings. The highest BCUT2D eigenvalue weighted by molar-refractivity contribution is 7.53. The second-order valence-electron chi connectivity index (χ2n) is 5.84.